The van der Waals surface area contributed by atoms with Gasteiger partial charge in [-0.1, -0.05) is 46.6 Å². The molecule has 0 spiro atoms. The zero-order chi connectivity index (χ0) is 12.4. The normalized spacial score (nSPS) is 10.5. The van der Waals surface area contributed by atoms with Gasteiger partial charge in [-0.3, -0.25) is 0 Å². The molecule has 0 bridgehead atoms. The molecular formula is C11H7Cl3N2S. The van der Waals surface area contributed by atoms with Crippen molar-refractivity contribution in [3.63, 3.8) is 0 Å². The molecule has 1 aromatic carbocycles. The third-order valence-electron chi connectivity index (χ3n) is 1.98. The van der Waals surface area contributed by atoms with Gasteiger partial charge in [-0.05, 0) is 24.3 Å². The maximum atomic E-state index is 6.01. The number of nitrogen functional groups attached to an aromatic ring is 1. The largest absolute Gasteiger partial charge is 0.398 e. The van der Waals surface area contributed by atoms with E-state index in [0.717, 1.165) is 4.90 Å². The molecule has 0 amide bonds. The highest BCUT2D eigenvalue weighted by Crippen LogP contribution is 2.38. The van der Waals surface area contributed by atoms with E-state index in [1.54, 1.807) is 30.5 Å². The van der Waals surface area contributed by atoms with Crippen molar-refractivity contribution < 1.29 is 0 Å². The van der Waals surface area contributed by atoms with Crippen LogP contribution in [0.15, 0.2) is 40.4 Å². The molecule has 0 aliphatic rings. The average molecular weight is 306 g/mol. The number of pyridine rings is 1. The standard InChI is InChI=1S/C11H7Cl3N2S/c12-6-2-1-3-16-11(6)17-10-5-8(14)7(13)4-9(10)15/h1-5H,15H2. The van der Waals surface area contributed by atoms with E-state index in [4.69, 9.17) is 40.5 Å². The predicted octanol–water partition coefficient (Wildman–Crippen LogP) is 4.78. The molecule has 2 nitrogen and oxygen atoms in total. The van der Waals surface area contributed by atoms with Crippen LogP contribution < -0.4 is 5.73 Å². The van der Waals surface area contributed by atoms with E-state index in [9.17, 15) is 0 Å². The van der Waals surface area contributed by atoms with Gasteiger partial charge in [0.2, 0.25) is 0 Å². The molecule has 0 saturated carbocycles. The summed E-state index contributed by atoms with van der Waals surface area (Å²) >= 11 is 19.2. The van der Waals surface area contributed by atoms with E-state index >= 15 is 0 Å². The summed E-state index contributed by atoms with van der Waals surface area (Å²) in [5.74, 6) is 0. The van der Waals surface area contributed by atoms with Crippen LogP contribution in [0.25, 0.3) is 0 Å². The minimum atomic E-state index is 0.431. The second-order valence-corrected chi connectivity index (χ2v) is 5.45. The SMILES string of the molecule is Nc1cc(Cl)c(Cl)cc1Sc1ncccc1Cl. The van der Waals surface area contributed by atoms with Crippen molar-refractivity contribution in [3.8, 4) is 0 Å². The first kappa shape index (κ1) is 12.8. The van der Waals surface area contributed by atoms with Gasteiger partial charge in [0.1, 0.15) is 5.03 Å². The summed E-state index contributed by atoms with van der Waals surface area (Å²) in [6, 6.07) is 6.85. The molecule has 6 heteroatoms. The van der Waals surface area contributed by atoms with Crippen LogP contribution in [0, 0.1) is 0 Å². The molecule has 1 aromatic heterocycles. The van der Waals surface area contributed by atoms with Crippen molar-refractivity contribution >= 4 is 52.3 Å². The molecule has 88 valence electrons. The van der Waals surface area contributed by atoms with Crippen molar-refractivity contribution in [1.29, 1.82) is 0 Å². The van der Waals surface area contributed by atoms with Crippen LogP contribution in [-0.2, 0) is 0 Å². The molecule has 2 aromatic rings. The Morgan fingerprint density at radius 3 is 2.47 bits per heavy atom. The van der Waals surface area contributed by atoms with Crippen LogP contribution in [-0.4, -0.2) is 4.98 Å². The van der Waals surface area contributed by atoms with Gasteiger partial charge in [0.15, 0.2) is 0 Å². The third-order valence-corrected chi connectivity index (χ3v) is 4.22. The summed E-state index contributed by atoms with van der Waals surface area (Å²) in [6.45, 7) is 0. The summed E-state index contributed by atoms with van der Waals surface area (Å²) in [5, 5.41) is 2.14. The fourth-order valence-corrected chi connectivity index (χ4v) is 2.66. The molecule has 0 aliphatic heterocycles. The highest BCUT2D eigenvalue weighted by molar-refractivity contribution is 7.99. The molecule has 2 rings (SSSR count). The first-order chi connectivity index (χ1) is 8.08. The highest BCUT2D eigenvalue weighted by atomic mass is 35.5. The predicted molar refractivity (Wildman–Crippen MR) is 74.2 cm³/mol. The Morgan fingerprint density at radius 1 is 1.06 bits per heavy atom. The maximum absolute atomic E-state index is 6.01. The monoisotopic (exact) mass is 304 g/mol. The highest BCUT2D eigenvalue weighted by Gasteiger charge is 2.09. The zero-order valence-electron chi connectivity index (χ0n) is 8.45. The molecule has 0 saturated heterocycles. The Balaban J connectivity index is 2.37. The summed E-state index contributed by atoms with van der Waals surface area (Å²) in [6.07, 6.45) is 1.67. The quantitative estimate of drug-likeness (QED) is 0.812. The minimum Gasteiger partial charge on any atom is -0.398 e. The van der Waals surface area contributed by atoms with Crippen LogP contribution in [0.4, 0.5) is 5.69 Å². The van der Waals surface area contributed by atoms with E-state index in [1.165, 1.54) is 11.8 Å². The fraction of sp³-hybridized carbons (Fsp3) is 0. The van der Waals surface area contributed by atoms with Crippen LogP contribution >= 0.6 is 46.6 Å². The second-order valence-electron chi connectivity index (χ2n) is 3.20. The van der Waals surface area contributed by atoms with Crippen LogP contribution in [0.2, 0.25) is 15.1 Å². The Morgan fingerprint density at radius 2 is 1.76 bits per heavy atom. The van der Waals surface area contributed by atoms with Gasteiger partial charge in [0.05, 0.1) is 15.1 Å². The number of nitrogens with zero attached hydrogens (tertiary/aromatic N) is 1. The first-order valence-electron chi connectivity index (χ1n) is 4.61. The van der Waals surface area contributed by atoms with E-state index in [-0.39, 0.29) is 0 Å². The van der Waals surface area contributed by atoms with Crippen molar-refractivity contribution in [2.45, 2.75) is 9.92 Å². The lowest BCUT2D eigenvalue weighted by atomic mass is 10.3. The number of benzene rings is 1. The number of hydrogen-bond acceptors (Lipinski definition) is 3. The van der Waals surface area contributed by atoms with Gasteiger partial charge >= 0.3 is 0 Å². The summed E-state index contributed by atoms with van der Waals surface area (Å²) in [4.78, 5) is 4.94. The molecule has 0 aliphatic carbocycles. The van der Waals surface area contributed by atoms with Gasteiger partial charge in [0.25, 0.3) is 0 Å². The zero-order valence-corrected chi connectivity index (χ0v) is 11.5. The third kappa shape index (κ3) is 2.99. The second kappa shape index (κ2) is 5.36. The van der Waals surface area contributed by atoms with Crippen molar-refractivity contribution in [2.75, 3.05) is 5.73 Å². The fourth-order valence-electron chi connectivity index (χ4n) is 1.18. The van der Waals surface area contributed by atoms with Crippen molar-refractivity contribution in [1.82, 2.24) is 4.98 Å². The molecule has 2 N–H and O–H groups in total. The van der Waals surface area contributed by atoms with Gasteiger partial charge in [0, 0.05) is 16.8 Å². The lowest BCUT2D eigenvalue weighted by molar-refractivity contribution is 1.13. The number of halogens is 3. The molecule has 0 atom stereocenters. The van der Waals surface area contributed by atoms with E-state index in [0.29, 0.717) is 25.8 Å². The van der Waals surface area contributed by atoms with E-state index in [2.05, 4.69) is 4.98 Å². The summed E-state index contributed by atoms with van der Waals surface area (Å²) in [5.41, 5.74) is 6.40. The number of nitrogens with two attached hydrogens (primary N) is 1. The molecular weight excluding hydrogens is 299 g/mol. The van der Waals surface area contributed by atoms with Gasteiger partial charge in [-0.15, -0.1) is 0 Å². The van der Waals surface area contributed by atoms with Gasteiger partial charge in [-0.25, -0.2) is 4.98 Å². The molecule has 17 heavy (non-hydrogen) atoms. The van der Waals surface area contributed by atoms with Gasteiger partial charge in [-0.2, -0.15) is 0 Å². The number of rotatable bonds is 2. The number of anilines is 1. The van der Waals surface area contributed by atoms with Gasteiger partial charge < -0.3 is 5.73 Å². The Kier molecular flexibility index (Phi) is 4.05. The topological polar surface area (TPSA) is 38.9 Å². The van der Waals surface area contributed by atoms with Crippen molar-refractivity contribution in [2.24, 2.45) is 0 Å². The van der Waals surface area contributed by atoms with Crippen LogP contribution in [0.1, 0.15) is 0 Å². The molecule has 0 unspecified atom stereocenters. The lowest BCUT2D eigenvalue weighted by Crippen LogP contribution is -1.90. The Labute approximate surface area is 118 Å². The summed E-state index contributed by atoms with van der Waals surface area (Å²) in [7, 11) is 0. The van der Waals surface area contributed by atoms with Crippen LogP contribution in [0.5, 0.6) is 0 Å². The number of aromatic nitrogens is 1. The average Bonchev–Trinajstić information content (AvgIpc) is 2.29. The van der Waals surface area contributed by atoms with E-state index < -0.39 is 0 Å². The molecule has 0 radical (unpaired) electrons. The van der Waals surface area contributed by atoms with Crippen molar-refractivity contribution in [3.05, 3.63) is 45.5 Å². The van der Waals surface area contributed by atoms with Crippen LogP contribution in [0.3, 0.4) is 0 Å². The maximum Gasteiger partial charge on any atom is 0.119 e. The Bertz CT molecular complexity index is 560. The molecule has 1 heterocycles. The summed E-state index contributed by atoms with van der Waals surface area (Å²) < 4.78 is 0. The molecule has 0 fully saturated rings. The lowest BCUT2D eigenvalue weighted by Gasteiger charge is -2.07. The Hall–Kier alpha value is -0.610. The first-order valence-corrected chi connectivity index (χ1v) is 6.56. The number of hydrogen-bond donors (Lipinski definition) is 1. The smallest absolute Gasteiger partial charge is 0.119 e. The van der Waals surface area contributed by atoms with E-state index in [1.807, 2.05) is 0 Å². The minimum absolute atomic E-state index is 0.431.